The molecule has 0 saturated carbocycles. The van der Waals surface area contributed by atoms with Crippen LogP contribution in [0.1, 0.15) is 21.5 Å². The Morgan fingerprint density at radius 1 is 1.40 bits per heavy atom. The van der Waals surface area contributed by atoms with Crippen LogP contribution in [0.3, 0.4) is 0 Å². The van der Waals surface area contributed by atoms with Gasteiger partial charge in [0.25, 0.3) is 0 Å². The SMILES string of the molecule is O=C(O)c1cc(C(F)(F)F)ccc1CS. The molecule has 1 rings (SSSR count). The lowest BCUT2D eigenvalue weighted by Gasteiger charge is -2.09. The van der Waals surface area contributed by atoms with Crippen LogP contribution < -0.4 is 0 Å². The lowest BCUT2D eigenvalue weighted by molar-refractivity contribution is -0.137. The lowest BCUT2D eigenvalue weighted by Crippen LogP contribution is -2.09. The Morgan fingerprint density at radius 3 is 2.40 bits per heavy atom. The third-order valence-corrected chi connectivity index (χ3v) is 2.18. The summed E-state index contributed by atoms with van der Waals surface area (Å²) in [6.07, 6.45) is -4.53. The first-order valence-corrected chi connectivity index (χ1v) is 4.53. The number of thiol groups is 1. The van der Waals surface area contributed by atoms with Gasteiger partial charge in [0.15, 0.2) is 0 Å². The molecule has 0 atom stereocenters. The largest absolute Gasteiger partial charge is 0.478 e. The molecule has 0 fully saturated rings. The standard InChI is InChI=1S/C9H7F3O2S/c10-9(11,12)6-2-1-5(4-15)7(3-6)8(13)14/h1-3,15H,4H2,(H,13,14). The molecule has 0 unspecified atom stereocenters. The van der Waals surface area contributed by atoms with E-state index in [4.69, 9.17) is 5.11 Å². The summed E-state index contributed by atoms with van der Waals surface area (Å²) in [5.74, 6) is -1.30. The van der Waals surface area contributed by atoms with Gasteiger partial charge in [-0.15, -0.1) is 0 Å². The van der Waals surface area contributed by atoms with E-state index in [1.807, 2.05) is 0 Å². The van der Waals surface area contributed by atoms with Gasteiger partial charge < -0.3 is 5.11 Å². The Balaban J connectivity index is 3.28. The van der Waals surface area contributed by atoms with E-state index in [2.05, 4.69) is 12.6 Å². The zero-order valence-corrected chi connectivity index (χ0v) is 8.27. The molecule has 0 amide bonds. The number of aromatic carboxylic acids is 1. The van der Waals surface area contributed by atoms with Crippen LogP contribution >= 0.6 is 12.6 Å². The van der Waals surface area contributed by atoms with Crippen LogP contribution in [0, 0.1) is 0 Å². The van der Waals surface area contributed by atoms with Crippen molar-refractivity contribution < 1.29 is 23.1 Å². The molecule has 0 aliphatic heterocycles. The first-order valence-electron chi connectivity index (χ1n) is 3.90. The van der Waals surface area contributed by atoms with Gasteiger partial charge in [-0.25, -0.2) is 4.79 Å². The van der Waals surface area contributed by atoms with Gasteiger partial charge in [-0.1, -0.05) is 6.07 Å². The number of hydrogen-bond acceptors (Lipinski definition) is 2. The number of hydrogen-bond donors (Lipinski definition) is 2. The molecule has 0 radical (unpaired) electrons. The summed E-state index contributed by atoms with van der Waals surface area (Å²) in [4.78, 5) is 10.7. The molecule has 1 N–H and O–H groups in total. The maximum atomic E-state index is 12.3. The Labute approximate surface area is 89.1 Å². The van der Waals surface area contributed by atoms with E-state index in [9.17, 15) is 18.0 Å². The van der Waals surface area contributed by atoms with Gasteiger partial charge in [0.05, 0.1) is 11.1 Å². The summed E-state index contributed by atoms with van der Waals surface area (Å²) in [6.45, 7) is 0. The second-order valence-corrected chi connectivity index (χ2v) is 3.15. The third kappa shape index (κ3) is 2.65. The predicted octanol–water partition coefficient (Wildman–Crippen LogP) is 2.83. The smallest absolute Gasteiger partial charge is 0.416 e. The fraction of sp³-hybridized carbons (Fsp3) is 0.222. The maximum absolute atomic E-state index is 12.3. The molecule has 0 saturated heterocycles. The predicted molar refractivity (Wildman–Crippen MR) is 51.1 cm³/mol. The second-order valence-electron chi connectivity index (χ2n) is 2.83. The fourth-order valence-electron chi connectivity index (χ4n) is 1.09. The number of carbonyl (C=O) groups is 1. The molecule has 0 bridgehead atoms. The van der Waals surface area contributed by atoms with E-state index in [0.717, 1.165) is 12.1 Å². The molecular weight excluding hydrogens is 229 g/mol. The number of benzene rings is 1. The molecule has 15 heavy (non-hydrogen) atoms. The average molecular weight is 236 g/mol. The summed E-state index contributed by atoms with van der Waals surface area (Å²) < 4.78 is 36.8. The van der Waals surface area contributed by atoms with Crippen LogP contribution in [0.5, 0.6) is 0 Å². The van der Waals surface area contributed by atoms with Crippen LogP contribution in [0.15, 0.2) is 18.2 Å². The highest BCUT2D eigenvalue weighted by Gasteiger charge is 2.31. The van der Waals surface area contributed by atoms with Crippen molar-refractivity contribution in [1.82, 2.24) is 0 Å². The van der Waals surface area contributed by atoms with E-state index >= 15 is 0 Å². The van der Waals surface area contributed by atoms with Crippen molar-refractivity contribution in [2.75, 3.05) is 0 Å². The number of alkyl halides is 3. The van der Waals surface area contributed by atoms with Gasteiger partial charge in [-0.05, 0) is 17.7 Å². The molecule has 1 aromatic carbocycles. The average Bonchev–Trinajstić information content (AvgIpc) is 2.15. The van der Waals surface area contributed by atoms with Gasteiger partial charge in [-0.3, -0.25) is 0 Å². The first kappa shape index (κ1) is 11.9. The Hall–Kier alpha value is -1.17. The van der Waals surface area contributed by atoms with Crippen molar-refractivity contribution in [2.24, 2.45) is 0 Å². The number of rotatable bonds is 2. The highest BCUT2D eigenvalue weighted by atomic mass is 32.1. The minimum absolute atomic E-state index is 0.0831. The first-order chi connectivity index (χ1) is 6.86. The van der Waals surface area contributed by atoms with Crippen molar-refractivity contribution in [3.05, 3.63) is 34.9 Å². The van der Waals surface area contributed by atoms with Crippen molar-refractivity contribution in [3.63, 3.8) is 0 Å². The summed E-state index contributed by atoms with van der Waals surface area (Å²) >= 11 is 3.84. The van der Waals surface area contributed by atoms with Crippen molar-refractivity contribution in [1.29, 1.82) is 0 Å². The van der Waals surface area contributed by atoms with E-state index < -0.39 is 17.7 Å². The van der Waals surface area contributed by atoms with E-state index in [1.165, 1.54) is 0 Å². The van der Waals surface area contributed by atoms with E-state index in [1.54, 1.807) is 0 Å². The van der Waals surface area contributed by atoms with Crippen molar-refractivity contribution >= 4 is 18.6 Å². The second kappa shape index (κ2) is 4.14. The van der Waals surface area contributed by atoms with Crippen molar-refractivity contribution in [2.45, 2.75) is 11.9 Å². The monoisotopic (exact) mass is 236 g/mol. The number of halogens is 3. The maximum Gasteiger partial charge on any atom is 0.416 e. The van der Waals surface area contributed by atoms with Gasteiger partial charge in [0.1, 0.15) is 0 Å². The molecule has 0 aromatic heterocycles. The Bertz CT molecular complexity index is 387. The lowest BCUT2D eigenvalue weighted by atomic mass is 10.0. The van der Waals surface area contributed by atoms with Gasteiger partial charge in [0, 0.05) is 5.75 Å². The van der Waals surface area contributed by atoms with Crippen LogP contribution in [0.25, 0.3) is 0 Å². The molecule has 2 nitrogen and oxygen atoms in total. The molecule has 0 spiro atoms. The topological polar surface area (TPSA) is 37.3 Å². The zero-order chi connectivity index (χ0) is 11.6. The fourth-order valence-corrected chi connectivity index (χ4v) is 1.37. The summed E-state index contributed by atoms with van der Waals surface area (Å²) in [5.41, 5.74) is -1.07. The molecule has 82 valence electrons. The van der Waals surface area contributed by atoms with Crippen LogP contribution in [0.4, 0.5) is 13.2 Å². The van der Waals surface area contributed by atoms with Crippen LogP contribution in [0.2, 0.25) is 0 Å². The normalized spacial score (nSPS) is 11.5. The molecule has 0 aliphatic carbocycles. The highest BCUT2D eigenvalue weighted by Crippen LogP contribution is 2.30. The molecule has 0 aliphatic rings. The molecular formula is C9H7F3O2S. The van der Waals surface area contributed by atoms with Crippen molar-refractivity contribution in [3.8, 4) is 0 Å². The summed E-state index contributed by atoms with van der Waals surface area (Å²) in [7, 11) is 0. The van der Waals surface area contributed by atoms with Crippen LogP contribution in [-0.4, -0.2) is 11.1 Å². The number of carboxylic acid groups (broad SMARTS) is 1. The van der Waals surface area contributed by atoms with Gasteiger partial charge in [-0.2, -0.15) is 25.8 Å². The third-order valence-electron chi connectivity index (χ3n) is 1.84. The molecule has 6 heteroatoms. The Morgan fingerprint density at radius 2 is 2.00 bits per heavy atom. The highest BCUT2D eigenvalue weighted by molar-refractivity contribution is 7.79. The minimum Gasteiger partial charge on any atom is -0.478 e. The summed E-state index contributed by atoms with van der Waals surface area (Å²) in [6, 6.07) is 2.59. The molecule has 1 aromatic rings. The molecule has 0 heterocycles. The van der Waals surface area contributed by atoms with Crippen LogP contribution in [-0.2, 0) is 11.9 Å². The van der Waals surface area contributed by atoms with Gasteiger partial charge >= 0.3 is 12.1 Å². The quantitative estimate of drug-likeness (QED) is 0.775. The summed E-state index contributed by atoms with van der Waals surface area (Å²) in [5, 5.41) is 8.69. The number of carboxylic acids is 1. The van der Waals surface area contributed by atoms with E-state index in [0.29, 0.717) is 6.07 Å². The van der Waals surface area contributed by atoms with E-state index in [-0.39, 0.29) is 16.9 Å². The van der Waals surface area contributed by atoms with Gasteiger partial charge in [0.2, 0.25) is 0 Å². The Kier molecular flexibility index (Phi) is 3.28. The minimum atomic E-state index is -4.53. The zero-order valence-electron chi connectivity index (χ0n) is 7.38.